The number of carboxylic acid groups (broad SMARTS) is 1. The van der Waals surface area contributed by atoms with Gasteiger partial charge in [0.05, 0.1) is 5.56 Å². The molecule has 0 aliphatic rings. The molecule has 7 heteroatoms. The monoisotopic (exact) mass is 259 g/mol. The summed E-state index contributed by atoms with van der Waals surface area (Å²) in [6, 6.07) is 3.54. The summed E-state index contributed by atoms with van der Waals surface area (Å²) in [7, 11) is 0. The number of halogens is 2. The first kappa shape index (κ1) is 14.0. The predicted octanol–water partition coefficient (Wildman–Crippen LogP) is 1.89. The van der Waals surface area contributed by atoms with Crippen LogP contribution in [0.5, 0.6) is 0 Å². The molecule has 0 unspecified atom stereocenters. The SMILES string of the molecule is CC(=O)NOCc1c(C(=O)O)cccc1C(F)F. The van der Waals surface area contributed by atoms with Crippen LogP contribution in [0.1, 0.15) is 34.8 Å². The fourth-order valence-corrected chi connectivity index (χ4v) is 1.38. The molecule has 0 aromatic heterocycles. The maximum absolute atomic E-state index is 12.7. The van der Waals surface area contributed by atoms with Crippen LogP contribution in [-0.4, -0.2) is 17.0 Å². The van der Waals surface area contributed by atoms with Crippen molar-refractivity contribution in [3.63, 3.8) is 0 Å². The number of carbonyl (C=O) groups excluding carboxylic acids is 1. The second kappa shape index (κ2) is 6.06. The van der Waals surface area contributed by atoms with Crippen molar-refractivity contribution in [3.8, 4) is 0 Å². The second-order valence-corrected chi connectivity index (χ2v) is 3.43. The Hall–Kier alpha value is -2.02. The van der Waals surface area contributed by atoms with Gasteiger partial charge in [-0.15, -0.1) is 0 Å². The molecule has 98 valence electrons. The lowest BCUT2D eigenvalue weighted by atomic mass is 10.0. The molecular weight excluding hydrogens is 248 g/mol. The summed E-state index contributed by atoms with van der Waals surface area (Å²) in [6.07, 6.45) is -2.82. The standard InChI is InChI=1S/C11H11F2NO4/c1-6(15)14-18-5-9-7(10(12)13)3-2-4-8(9)11(16)17/h2-4,10H,5H2,1H3,(H,14,15)(H,16,17). The number of hydrogen-bond acceptors (Lipinski definition) is 3. The Labute approximate surface area is 101 Å². The third-order valence-corrected chi connectivity index (χ3v) is 2.11. The van der Waals surface area contributed by atoms with E-state index in [0.29, 0.717) is 0 Å². The molecule has 1 rings (SSSR count). The molecule has 0 saturated carbocycles. The van der Waals surface area contributed by atoms with E-state index in [1.807, 2.05) is 5.48 Å². The Balaban J connectivity index is 3.03. The molecule has 0 radical (unpaired) electrons. The molecule has 0 aliphatic heterocycles. The van der Waals surface area contributed by atoms with E-state index in [0.717, 1.165) is 6.07 Å². The Morgan fingerprint density at radius 2 is 2.11 bits per heavy atom. The van der Waals surface area contributed by atoms with Crippen LogP contribution >= 0.6 is 0 Å². The van der Waals surface area contributed by atoms with Crippen molar-refractivity contribution < 1.29 is 28.3 Å². The Kier molecular flexibility index (Phi) is 4.73. The van der Waals surface area contributed by atoms with Gasteiger partial charge in [0.2, 0.25) is 5.91 Å². The van der Waals surface area contributed by atoms with Gasteiger partial charge in [-0.3, -0.25) is 9.63 Å². The minimum absolute atomic E-state index is 0.159. The number of alkyl halides is 2. The van der Waals surface area contributed by atoms with Crippen molar-refractivity contribution in [2.75, 3.05) is 0 Å². The lowest BCUT2D eigenvalue weighted by molar-refractivity contribution is -0.132. The Bertz CT molecular complexity index is 462. The van der Waals surface area contributed by atoms with Crippen molar-refractivity contribution in [2.24, 2.45) is 0 Å². The summed E-state index contributed by atoms with van der Waals surface area (Å²) in [5, 5.41) is 8.89. The molecule has 1 aromatic rings. The van der Waals surface area contributed by atoms with E-state index in [-0.39, 0.29) is 11.1 Å². The molecule has 0 atom stereocenters. The van der Waals surface area contributed by atoms with E-state index < -0.39 is 30.5 Å². The van der Waals surface area contributed by atoms with Gasteiger partial charge in [0.1, 0.15) is 6.61 Å². The molecule has 2 N–H and O–H groups in total. The van der Waals surface area contributed by atoms with Crippen LogP contribution in [0.4, 0.5) is 8.78 Å². The average molecular weight is 259 g/mol. The second-order valence-electron chi connectivity index (χ2n) is 3.43. The first-order chi connectivity index (χ1) is 8.43. The van der Waals surface area contributed by atoms with Crippen molar-refractivity contribution in [2.45, 2.75) is 20.0 Å². The highest BCUT2D eigenvalue weighted by molar-refractivity contribution is 5.89. The molecule has 0 heterocycles. The van der Waals surface area contributed by atoms with Gasteiger partial charge in [-0.1, -0.05) is 12.1 Å². The number of hydroxylamine groups is 1. The molecule has 0 spiro atoms. The predicted molar refractivity (Wildman–Crippen MR) is 57.0 cm³/mol. The Morgan fingerprint density at radius 3 is 2.61 bits per heavy atom. The summed E-state index contributed by atoms with van der Waals surface area (Å²) < 4.78 is 25.4. The number of aromatic carboxylic acids is 1. The number of benzene rings is 1. The first-order valence-electron chi connectivity index (χ1n) is 4.95. The van der Waals surface area contributed by atoms with Gasteiger partial charge in [-0.2, -0.15) is 0 Å². The maximum atomic E-state index is 12.7. The third kappa shape index (κ3) is 3.49. The Morgan fingerprint density at radius 1 is 1.44 bits per heavy atom. The van der Waals surface area contributed by atoms with Crippen LogP contribution in [0, 0.1) is 0 Å². The number of rotatable bonds is 5. The summed E-state index contributed by atoms with van der Waals surface area (Å²) in [5.74, 6) is -1.85. The van der Waals surface area contributed by atoms with Crippen molar-refractivity contribution in [1.82, 2.24) is 5.48 Å². The minimum atomic E-state index is -2.82. The van der Waals surface area contributed by atoms with Crippen molar-refractivity contribution in [1.29, 1.82) is 0 Å². The highest BCUT2D eigenvalue weighted by Gasteiger charge is 2.19. The van der Waals surface area contributed by atoms with Gasteiger partial charge in [0.25, 0.3) is 6.43 Å². The van der Waals surface area contributed by atoms with Gasteiger partial charge in [0, 0.05) is 18.1 Å². The molecule has 0 aliphatic carbocycles. The summed E-state index contributed by atoms with van der Waals surface area (Å²) >= 11 is 0. The smallest absolute Gasteiger partial charge is 0.336 e. The van der Waals surface area contributed by atoms with Crippen LogP contribution in [0.3, 0.4) is 0 Å². The quantitative estimate of drug-likeness (QED) is 0.792. The number of hydrogen-bond donors (Lipinski definition) is 2. The zero-order chi connectivity index (χ0) is 13.7. The van der Waals surface area contributed by atoms with Gasteiger partial charge in [0.15, 0.2) is 0 Å². The van der Waals surface area contributed by atoms with Crippen molar-refractivity contribution in [3.05, 3.63) is 34.9 Å². The highest BCUT2D eigenvalue weighted by Crippen LogP contribution is 2.26. The third-order valence-electron chi connectivity index (χ3n) is 2.11. The van der Waals surface area contributed by atoms with Gasteiger partial charge < -0.3 is 5.11 Å². The number of carboxylic acids is 1. The normalized spacial score (nSPS) is 10.4. The van der Waals surface area contributed by atoms with E-state index in [1.165, 1.54) is 19.1 Å². The number of amides is 1. The van der Waals surface area contributed by atoms with Crippen LogP contribution in [0.15, 0.2) is 18.2 Å². The van der Waals surface area contributed by atoms with Crippen LogP contribution in [0.2, 0.25) is 0 Å². The summed E-state index contributed by atoms with van der Waals surface area (Å²) in [6.45, 7) is 0.735. The molecule has 5 nitrogen and oxygen atoms in total. The molecule has 1 aromatic carbocycles. The van der Waals surface area contributed by atoms with E-state index in [4.69, 9.17) is 5.11 Å². The fourth-order valence-electron chi connectivity index (χ4n) is 1.38. The molecule has 0 bridgehead atoms. The number of carbonyl (C=O) groups is 2. The van der Waals surface area contributed by atoms with Crippen LogP contribution in [-0.2, 0) is 16.2 Å². The summed E-state index contributed by atoms with van der Waals surface area (Å²) in [4.78, 5) is 26.1. The summed E-state index contributed by atoms with van der Waals surface area (Å²) in [5.41, 5.74) is 1.08. The first-order valence-corrected chi connectivity index (χ1v) is 4.95. The fraction of sp³-hybridized carbons (Fsp3) is 0.273. The largest absolute Gasteiger partial charge is 0.478 e. The zero-order valence-electron chi connectivity index (χ0n) is 9.44. The highest BCUT2D eigenvalue weighted by atomic mass is 19.3. The van der Waals surface area contributed by atoms with Gasteiger partial charge in [-0.05, 0) is 6.07 Å². The van der Waals surface area contributed by atoms with Gasteiger partial charge >= 0.3 is 5.97 Å². The maximum Gasteiger partial charge on any atom is 0.336 e. The van der Waals surface area contributed by atoms with E-state index >= 15 is 0 Å². The molecular formula is C11H11F2NO4. The lowest BCUT2D eigenvalue weighted by Crippen LogP contribution is -2.21. The molecule has 1 amide bonds. The molecule has 0 saturated heterocycles. The van der Waals surface area contributed by atoms with E-state index in [9.17, 15) is 18.4 Å². The van der Waals surface area contributed by atoms with Crippen LogP contribution < -0.4 is 5.48 Å². The zero-order valence-corrected chi connectivity index (χ0v) is 9.44. The van der Waals surface area contributed by atoms with E-state index in [1.54, 1.807) is 0 Å². The number of nitrogens with one attached hydrogen (secondary N) is 1. The molecule has 18 heavy (non-hydrogen) atoms. The minimum Gasteiger partial charge on any atom is -0.478 e. The van der Waals surface area contributed by atoms with E-state index in [2.05, 4.69) is 4.84 Å². The topological polar surface area (TPSA) is 75.6 Å². The van der Waals surface area contributed by atoms with Gasteiger partial charge in [-0.25, -0.2) is 19.1 Å². The van der Waals surface area contributed by atoms with Crippen molar-refractivity contribution >= 4 is 11.9 Å². The van der Waals surface area contributed by atoms with Crippen LogP contribution in [0.25, 0.3) is 0 Å². The lowest BCUT2D eigenvalue weighted by Gasteiger charge is -2.12. The average Bonchev–Trinajstić information content (AvgIpc) is 2.28. The molecule has 0 fully saturated rings.